The molecule has 12 atom stereocenters. The fraction of sp³-hybridized carbons (Fsp3) is 0.700. The van der Waals surface area contributed by atoms with E-state index in [2.05, 4.69) is 129 Å². The molecular formula is C70H117NO13. The number of unbranched alkanes of at least 4 members (excludes halogenated alkanes) is 20. The van der Waals surface area contributed by atoms with Crippen molar-refractivity contribution in [3.05, 3.63) is 122 Å². The fourth-order valence-electron chi connectivity index (χ4n) is 9.89. The van der Waals surface area contributed by atoms with Crippen LogP contribution in [0.2, 0.25) is 0 Å². The molecule has 0 aromatic heterocycles. The summed E-state index contributed by atoms with van der Waals surface area (Å²) in [5.74, 6) is -0.265. The smallest absolute Gasteiger partial charge is 0.220 e. The van der Waals surface area contributed by atoms with Gasteiger partial charge in [-0.15, -0.1) is 0 Å². The van der Waals surface area contributed by atoms with Crippen molar-refractivity contribution in [1.82, 2.24) is 5.32 Å². The Kier molecular flexibility index (Phi) is 48.8. The number of amides is 1. The normalized spacial score (nSPS) is 24.5. The summed E-state index contributed by atoms with van der Waals surface area (Å²) in [4.78, 5) is 13.3. The fourth-order valence-corrected chi connectivity index (χ4v) is 9.89. The summed E-state index contributed by atoms with van der Waals surface area (Å²) in [5, 5.41) is 87.2. The van der Waals surface area contributed by atoms with E-state index in [1.165, 1.54) is 83.5 Å². The van der Waals surface area contributed by atoms with Gasteiger partial charge in [0.15, 0.2) is 12.6 Å². The van der Waals surface area contributed by atoms with Crippen molar-refractivity contribution in [2.24, 2.45) is 0 Å². The number of rotatable bonds is 51. The molecule has 0 spiro atoms. The molecule has 9 N–H and O–H groups in total. The Bertz CT molecular complexity index is 1870. The average Bonchev–Trinajstić information content (AvgIpc) is 3.18. The summed E-state index contributed by atoms with van der Waals surface area (Å²) in [6, 6.07) is -0.951. The van der Waals surface area contributed by atoms with E-state index in [4.69, 9.17) is 18.9 Å². The second-order valence-corrected chi connectivity index (χ2v) is 22.5. The Morgan fingerprint density at radius 3 is 1.31 bits per heavy atom. The lowest BCUT2D eigenvalue weighted by Gasteiger charge is -2.46. The number of nitrogens with one attached hydrogen (secondary N) is 1. The Morgan fingerprint density at radius 1 is 0.440 bits per heavy atom. The molecule has 2 saturated heterocycles. The Labute approximate surface area is 508 Å². The van der Waals surface area contributed by atoms with Crippen molar-refractivity contribution < 1.29 is 64.6 Å². The van der Waals surface area contributed by atoms with E-state index in [0.717, 1.165) is 103 Å². The standard InChI is InChI=1S/C70H117NO13/c1-3-5-7-9-11-13-15-17-19-21-23-24-25-26-27-28-29-30-31-32-33-34-36-38-40-42-44-46-48-50-52-54-62(75)71-58(59(74)53-51-49-47-45-43-41-39-37-35-22-20-18-16-14-12-10-8-6-4-2)57-81-69-67(80)65(78)68(61(56-73)83-69)84-70-66(79)64(77)63(76)60(55-72)82-70/h5,7,11,13,17,19,23-24,26-27,29-30,32-33,35,37,43,45,51,53,58-61,63-70,72-74,76-80H,3-4,6,8-10,12,14-16,18,20-22,25,28,31,34,36,38-42,44,46-50,52,54-57H2,1-2H3,(H,71,75)/b7-5-,13-11-,19-17-,24-23-,27-26-,30-29-,33-32-,37-35+,45-43+,53-51+. The molecule has 2 aliphatic heterocycles. The molecule has 480 valence electrons. The van der Waals surface area contributed by atoms with Gasteiger partial charge in [0.25, 0.3) is 0 Å². The third-order valence-corrected chi connectivity index (χ3v) is 15.1. The highest BCUT2D eigenvalue weighted by Crippen LogP contribution is 2.30. The van der Waals surface area contributed by atoms with Crippen LogP contribution in [0.15, 0.2) is 122 Å². The zero-order chi connectivity index (χ0) is 60.9. The van der Waals surface area contributed by atoms with Gasteiger partial charge in [0.1, 0.15) is 48.8 Å². The first kappa shape index (κ1) is 76.5. The van der Waals surface area contributed by atoms with Crippen LogP contribution < -0.4 is 5.32 Å². The lowest BCUT2D eigenvalue weighted by atomic mass is 9.97. The van der Waals surface area contributed by atoms with Crippen LogP contribution >= 0.6 is 0 Å². The Balaban J connectivity index is 1.73. The summed E-state index contributed by atoms with van der Waals surface area (Å²) in [6.45, 7) is 2.64. The van der Waals surface area contributed by atoms with Crippen molar-refractivity contribution in [2.45, 2.75) is 293 Å². The van der Waals surface area contributed by atoms with Crippen molar-refractivity contribution in [3.8, 4) is 0 Å². The molecule has 2 heterocycles. The topological polar surface area (TPSA) is 228 Å². The van der Waals surface area contributed by atoms with E-state index in [0.29, 0.717) is 12.8 Å². The number of hydrogen-bond acceptors (Lipinski definition) is 13. The van der Waals surface area contributed by atoms with Crippen LogP contribution in [0.25, 0.3) is 0 Å². The minimum absolute atomic E-state index is 0.255. The summed E-state index contributed by atoms with van der Waals surface area (Å²) in [6.07, 6.45) is 60.9. The molecule has 12 unspecified atom stereocenters. The van der Waals surface area contributed by atoms with Gasteiger partial charge in [-0.2, -0.15) is 0 Å². The summed E-state index contributed by atoms with van der Waals surface area (Å²) >= 11 is 0. The molecule has 2 aliphatic rings. The first-order valence-electron chi connectivity index (χ1n) is 32.8. The van der Waals surface area contributed by atoms with Crippen LogP contribution in [0.3, 0.4) is 0 Å². The van der Waals surface area contributed by atoms with E-state index in [-0.39, 0.29) is 18.9 Å². The molecule has 84 heavy (non-hydrogen) atoms. The van der Waals surface area contributed by atoms with Crippen molar-refractivity contribution >= 4 is 5.91 Å². The second kappa shape index (κ2) is 53.6. The third-order valence-electron chi connectivity index (χ3n) is 15.1. The van der Waals surface area contributed by atoms with Crippen LogP contribution in [0.5, 0.6) is 0 Å². The number of aliphatic hydroxyl groups excluding tert-OH is 8. The zero-order valence-electron chi connectivity index (χ0n) is 51.8. The minimum Gasteiger partial charge on any atom is -0.394 e. The SMILES string of the molecule is CC/C=C\C/C=C\C/C=C\C/C=C\C/C=C\C/C=C\C/C=C\CCCCCCCCCCCC(=O)NC(COC1OC(CO)C(OC2OC(CO)C(O)C(O)C2O)C(O)C1O)C(O)/C=C/CC/C=C/CC/C=C/CCCCCCCCCCC. The third kappa shape index (κ3) is 37.8. The molecule has 0 aromatic rings. The molecule has 1 amide bonds. The van der Waals surface area contributed by atoms with E-state index >= 15 is 0 Å². The maximum Gasteiger partial charge on any atom is 0.220 e. The highest BCUT2D eigenvalue weighted by Gasteiger charge is 2.51. The van der Waals surface area contributed by atoms with Crippen LogP contribution in [-0.4, -0.2) is 140 Å². The monoisotopic (exact) mass is 1180 g/mol. The molecule has 0 aromatic carbocycles. The lowest BCUT2D eigenvalue weighted by molar-refractivity contribution is -0.359. The zero-order valence-corrected chi connectivity index (χ0v) is 51.8. The van der Waals surface area contributed by atoms with Gasteiger partial charge < -0.3 is 65.1 Å². The number of allylic oxidation sites excluding steroid dienone is 19. The van der Waals surface area contributed by atoms with Gasteiger partial charge in [-0.25, -0.2) is 0 Å². The number of carbonyl (C=O) groups excluding carboxylic acids is 1. The quantitative estimate of drug-likeness (QED) is 0.0204. The van der Waals surface area contributed by atoms with E-state index in [1.54, 1.807) is 6.08 Å². The Hall–Kier alpha value is -3.61. The van der Waals surface area contributed by atoms with Gasteiger partial charge >= 0.3 is 0 Å². The summed E-state index contributed by atoms with van der Waals surface area (Å²) < 4.78 is 22.8. The first-order chi connectivity index (χ1) is 41.1. The molecule has 0 bridgehead atoms. The molecule has 0 aliphatic carbocycles. The largest absolute Gasteiger partial charge is 0.394 e. The highest BCUT2D eigenvalue weighted by molar-refractivity contribution is 5.76. The number of aliphatic hydroxyl groups is 8. The van der Waals surface area contributed by atoms with Gasteiger partial charge in [-0.1, -0.05) is 232 Å². The predicted molar refractivity (Wildman–Crippen MR) is 341 cm³/mol. The van der Waals surface area contributed by atoms with Gasteiger partial charge in [0.2, 0.25) is 5.91 Å². The maximum absolute atomic E-state index is 13.3. The maximum atomic E-state index is 13.3. The molecule has 2 fully saturated rings. The molecule has 14 heteroatoms. The lowest BCUT2D eigenvalue weighted by Crippen LogP contribution is -2.65. The van der Waals surface area contributed by atoms with E-state index in [9.17, 15) is 45.6 Å². The van der Waals surface area contributed by atoms with Gasteiger partial charge in [0.05, 0.1) is 32.0 Å². The summed E-state index contributed by atoms with van der Waals surface area (Å²) in [7, 11) is 0. The molecular weight excluding hydrogens is 1060 g/mol. The minimum atomic E-state index is -1.80. The number of hydrogen-bond donors (Lipinski definition) is 9. The van der Waals surface area contributed by atoms with Gasteiger partial charge in [0, 0.05) is 6.42 Å². The first-order valence-corrected chi connectivity index (χ1v) is 32.8. The van der Waals surface area contributed by atoms with Crippen molar-refractivity contribution in [1.29, 1.82) is 0 Å². The van der Waals surface area contributed by atoms with Crippen molar-refractivity contribution in [3.63, 3.8) is 0 Å². The van der Waals surface area contributed by atoms with E-state index < -0.39 is 86.8 Å². The van der Waals surface area contributed by atoms with Crippen molar-refractivity contribution in [2.75, 3.05) is 19.8 Å². The van der Waals surface area contributed by atoms with Gasteiger partial charge in [-0.3, -0.25) is 4.79 Å². The molecule has 14 nitrogen and oxygen atoms in total. The number of ether oxygens (including phenoxy) is 4. The average molecular weight is 1180 g/mol. The van der Waals surface area contributed by atoms with Gasteiger partial charge in [-0.05, 0) is 103 Å². The molecule has 0 saturated carbocycles. The number of carbonyl (C=O) groups is 1. The van der Waals surface area contributed by atoms with Crippen LogP contribution in [0.4, 0.5) is 0 Å². The summed E-state index contributed by atoms with van der Waals surface area (Å²) in [5.41, 5.74) is 0. The molecule has 0 radical (unpaired) electrons. The van der Waals surface area contributed by atoms with Crippen LogP contribution in [0.1, 0.15) is 219 Å². The predicted octanol–water partition coefficient (Wildman–Crippen LogP) is 12.6. The highest BCUT2D eigenvalue weighted by atomic mass is 16.7. The van der Waals surface area contributed by atoms with E-state index in [1.807, 2.05) is 6.08 Å². The van der Waals surface area contributed by atoms with Crippen LogP contribution in [-0.2, 0) is 23.7 Å². The Morgan fingerprint density at radius 2 is 0.833 bits per heavy atom. The van der Waals surface area contributed by atoms with Crippen LogP contribution in [0, 0.1) is 0 Å². The second-order valence-electron chi connectivity index (χ2n) is 22.5. The molecule has 2 rings (SSSR count).